The molecule has 138 valence electrons. The Hall–Kier alpha value is -3.10. The predicted octanol–water partition coefficient (Wildman–Crippen LogP) is 1.32. The quantitative estimate of drug-likeness (QED) is 0.806. The summed E-state index contributed by atoms with van der Waals surface area (Å²) in [5.74, 6) is -1.17. The molecule has 0 radical (unpaired) electrons. The minimum atomic E-state index is -4.60. The lowest BCUT2D eigenvalue weighted by molar-refractivity contribution is -0.138. The Bertz CT molecular complexity index is 875. The summed E-state index contributed by atoms with van der Waals surface area (Å²) in [6.45, 7) is -0.334. The minimum Gasteiger partial charge on any atom is -0.366 e. The van der Waals surface area contributed by atoms with Crippen molar-refractivity contribution >= 4 is 11.8 Å². The molecule has 0 aliphatic heterocycles. The number of nitrogens with zero attached hydrogens (tertiary/aromatic N) is 1. The third-order valence-electron chi connectivity index (χ3n) is 3.57. The van der Waals surface area contributed by atoms with E-state index in [1.807, 2.05) is 0 Å². The van der Waals surface area contributed by atoms with Crippen molar-refractivity contribution in [3.8, 4) is 0 Å². The van der Waals surface area contributed by atoms with Crippen LogP contribution in [0.15, 0.2) is 47.4 Å². The average Bonchev–Trinajstić information content (AvgIpc) is 2.56. The second-order valence-corrected chi connectivity index (χ2v) is 5.55. The van der Waals surface area contributed by atoms with E-state index in [9.17, 15) is 27.6 Å². The third-order valence-corrected chi connectivity index (χ3v) is 3.57. The van der Waals surface area contributed by atoms with Crippen molar-refractivity contribution in [1.82, 2.24) is 9.88 Å². The van der Waals surface area contributed by atoms with Gasteiger partial charge in [-0.25, -0.2) is 0 Å². The van der Waals surface area contributed by atoms with Gasteiger partial charge in [0.1, 0.15) is 6.54 Å². The summed E-state index contributed by atoms with van der Waals surface area (Å²) in [4.78, 5) is 34.6. The molecule has 0 fully saturated rings. The van der Waals surface area contributed by atoms with Gasteiger partial charge in [0.25, 0.3) is 5.56 Å². The van der Waals surface area contributed by atoms with Crippen LogP contribution in [0.25, 0.3) is 0 Å². The van der Waals surface area contributed by atoms with Gasteiger partial charge in [-0.15, -0.1) is 0 Å². The van der Waals surface area contributed by atoms with Gasteiger partial charge in [0.15, 0.2) is 0 Å². The number of pyridine rings is 1. The predicted molar refractivity (Wildman–Crippen MR) is 87.4 cm³/mol. The van der Waals surface area contributed by atoms with Gasteiger partial charge in [-0.1, -0.05) is 12.1 Å². The molecule has 26 heavy (non-hydrogen) atoms. The number of aromatic nitrogens is 1. The highest BCUT2D eigenvalue weighted by molar-refractivity contribution is 5.92. The Morgan fingerprint density at radius 1 is 1.15 bits per heavy atom. The summed E-state index contributed by atoms with van der Waals surface area (Å²) in [6.07, 6.45) is -3.60. The first-order valence-electron chi connectivity index (χ1n) is 7.60. The summed E-state index contributed by atoms with van der Waals surface area (Å²) in [6, 6.07) is 7.99. The summed E-state index contributed by atoms with van der Waals surface area (Å²) in [5, 5.41) is 2.52. The number of benzene rings is 1. The van der Waals surface area contributed by atoms with Crippen LogP contribution in [0.2, 0.25) is 0 Å². The van der Waals surface area contributed by atoms with Crippen LogP contribution >= 0.6 is 0 Å². The van der Waals surface area contributed by atoms with Gasteiger partial charge >= 0.3 is 6.18 Å². The first-order chi connectivity index (χ1) is 12.2. The molecule has 2 amide bonds. The molecule has 1 aromatic heterocycles. The Morgan fingerprint density at radius 2 is 1.88 bits per heavy atom. The first-order valence-corrected chi connectivity index (χ1v) is 7.60. The summed E-state index contributed by atoms with van der Waals surface area (Å²) in [7, 11) is 0. The fourth-order valence-corrected chi connectivity index (χ4v) is 2.26. The second kappa shape index (κ2) is 7.85. The molecule has 1 heterocycles. The van der Waals surface area contributed by atoms with Gasteiger partial charge in [0, 0.05) is 24.4 Å². The molecule has 0 saturated heterocycles. The van der Waals surface area contributed by atoms with Crippen LogP contribution in [0.1, 0.15) is 21.5 Å². The van der Waals surface area contributed by atoms with Crippen molar-refractivity contribution in [2.24, 2.45) is 5.73 Å². The van der Waals surface area contributed by atoms with E-state index in [-0.39, 0.29) is 6.54 Å². The van der Waals surface area contributed by atoms with Crippen molar-refractivity contribution in [2.75, 3.05) is 6.54 Å². The van der Waals surface area contributed by atoms with Gasteiger partial charge < -0.3 is 15.6 Å². The largest absolute Gasteiger partial charge is 0.417 e. The van der Waals surface area contributed by atoms with Crippen molar-refractivity contribution in [1.29, 1.82) is 0 Å². The Balaban J connectivity index is 1.94. The highest BCUT2D eigenvalue weighted by Crippen LogP contribution is 2.27. The molecular weight excluding hydrogens is 351 g/mol. The van der Waals surface area contributed by atoms with Crippen LogP contribution in [-0.2, 0) is 23.9 Å². The smallest absolute Gasteiger partial charge is 0.366 e. The lowest BCUT2D eigenvalue weighted by atomic mass is 10.1. The molecule has 6 nitrogen and oxygen atoms in total. The van der Waals surface area contributed by atoms with E-state index in [0.29, 0.717) is 28.8 Å². The van der Waals surface area contributed by atoms with Crippen LogP contribution in [0.3, 0.4) is 0 Å². The number of amides is 2. The number of hydrogen-bond acceptors (Lipinski definition) is 3. The van der Waals surface area contributed by atoms with E-state index in [1.165, 1.54) is 0 Å². The van der Waals surface area contributed by atoms with E-state index in [2.05, 4.69) is 5.32 Å². The van der Waals surface area contributed by atoms with E-state index in [0.717, 1.165) is 11.6 Å². The van der Waals surface area contributed by atoms with Crippen molar-refractivity contribution in [3.05, 3.63) is 69.6 Å². The summed E-state index contributed by atoms with van der Waals surface area (Å²) < 4.78 is 38.7. The molecule has 0 atom stereocenters. The number of rotatable bonds is 6. The maximum absolute atomic E-state index is 12.7. The van der Waals surface area contributed by atoms with Crippen LogP contribution in [0.4, 0.5) is 13.2 Å². The molecule has 0 aliphatic rings. The highest BCUT2D eigenvalue weighted by atomic mass is 19.4. The fourth-order valence-electron chi connectivity index (χ4n) is 2.26. The lowest BCUT2D eigenvalue weighted by Gasteiger charge is -2.11. The monoisotopic (exact) mass is 367 g/mol. The molecule has 2 rings (SSSR count). The van der Waals surface area contributed by atoms with Gasteiger partial charge in [0.2, 0.25) is 11.8 Å². The van der Waals surface area contributed by atoms with E-state index in [4.69, 9.17) is 5.73 Å². The maximum atomic E-state index is 12.7. The van der Waals surface area contributed by atoms with Gasteiger partial charge in [-0.2, -0.15) is 13.2 Å². The molecule has 0 spiro atoms. The molecule has 0 unspecified atom stereocenters. The Morgan fingerprint density at radius 3 is 2.54 bits per heavy atom. The van der Waals surface area contributed by atoms with Crippen LogP contribution in [0.5, 0.6) is 0 Å². The molecule has 9 heteroatoms. The third kappa shape index (κ3) is 5.20. The fraction of sp³-hybridized carbons (Fsp3) is 0.235. The van der Waals surface area contributed by atoms with Crippen LogP contribution in [0, 0.1) is 0 Å². The molecule has 3 N–H and O–H groups in total. The van der Waals surface area contributed by atoms with Crippen molar-refractivity contribution in [3.63, 3.8) is 0 Å². The molecule has 0 saturated carbocycles. The van der Waals surface area contributed by atoms with Crippen LogP contribution < -0.4 is 16.6 Å². The number of nitrogens with one attached hydrogen (secondary N) is 1. The molecule has 1 aromatic carbocycles. The van der Waals surface area contributed by atoms with E-state index < -0.39 is 35.7 Å². The van der Waals surface area contributed by atoms with Crippen LogP contribution in [-0.4, -0.2) is 22.9 Å². The summed E-state index contributed by atoms with van der Waals surface area (Å²) >= 11 is 0. The highest BCUT2D eigenvalue weighted by Gasteiger charge is 2.31. The minimum absolute atomic E-state index is 0.189. The Kier molecular flexibility index (Phi) is 5.81. The summed E-state index contributed by atoms with van der Waals surface area (Å²) in [5.41, 5.74) is 4.57. The van der Waals surface area contributed by atoms with Gasteiger partial charge in [0.05, 0.1) is 5.56 Å². The first kappa shape index (κ1) is 19.2. The standard InChI is InChI=1S/C17H16F3N3O3/c18-17(19,20)13-4-5-15(25)23(9-13)10-14(24)22-7-6-11-2-1-3-12(8-11)16(21)26/h1-5,8-9H,6-7,10H2,(H2,21,26)(H,22,24). The second-order valence-electron chi connectivity index (χ2n) is 5.55. The Labute approximate surface area is 146 Å². The molecule has 2 aromatic rings. The zero-order valence-electron chi connectivity index (χ0n) is 13.5. The van der Waals surface area contributed by atoms with Crippen molar-refractivity contribution < 1.29 is 22.8 Å². The van der Waals surface area contributed by atoms with E-state index in [1.54, 1.807) is 24.3 Å². The topological polar surface area (TPSA) is 94.2 Å². The number of nitrogens with two attached hydrogens (primary N) is 1. The molecule has 0 bridgehead atoms. The van der Waals surface area contributed by atoms with Crippen molar-refractivity contribution in [2.45, 2.75) is 19.1 Å². The SMILES string of the molecule is NC(=O)c1cccc(CCNC(=O)Cn2cc(C(F)(F)F)ccc2=O)c1. The van der Waals surface area contributed by atoms with Gasteiger partial charge in [-0.3, -0.25) is 14.4 Å². The number of carbonyl (C=O) groups is 2. The van der Waals surface area contributed by atoms with Gasteiger partial charge in [-0.05, 0) is 30.2 Å². The lowest BCUT2D eigenvalue weighted by Crippen LogP contribution is -2.33. The number of primary amides is 1. The number of hydrogen-bond donors (Lipinski definition) is 2. The zero-order chi connectivity index (χ0) is 19.3. The normalized spacial score (nSPS) is 11.2. The number of halogens is 3. The number of alkyl halides is 3. The number of carbonyl (C=O) groups excluding carboxylic acids is 2. The van der Waals surface area contributed by atoms with E-state index >= 15 is 0 Å². The maximum Gasteiger partial charge on any atom is 0.417 e. The molecular formula is C17H16F3N3O3. The zero-order valence-corrected chi connectivity index (χ0v) is 13.5. The average molecular weight is 367 g/mol. The molecule has 0 aliphatic carbocycles.